The first-order valence-electron chi connectivity index (χ1n) is 9.00. The molecule has 1 aliphatic heterocycles. The Morgan fingerprint density at radius 2 is 1.89 bits per heavy atom. The molecule has 2 N–H and O–H groups in total. The number of hydrogen-bond acceptors (Lipinski definition) is 3. The van der Waals surface area contributed by atoms with Gasteiger partial charge in [0.25, 0.3) is 0 Å². The zero-order chi connectivity index (χ0) is 20.1. The molecular formula is C19H23F3N4O2. The van der Waals surface area contributed by atoms with Gasteiger partial charge in [-0.15, -0.1) is 0 Å². The molecule has 9 heteroatoms. The summed E-state index contributed by atoms with van der Waals surface area (Å²) in [5, 5.41) is 5.02. The lowest BCUT2D eigenvalue weighted by atomic mass is 10.1. The molecule has 152 valence electrons. The summed E-state index contributed by atoms with van der Waals surface area (Å²) in [5.41, 5.74) is -0.135. The van der Waals surface area contributed by atoms with Gasteiger partial charge in [-0.3, -0.25) is 4.90 Å². The van der Waals surface area contributed by atoms with Crippen molar-refractivity contribution in [2.24, 2.45) is 7.05 Å². The molecule has 1 atom stereocenters. The number of para-hydroxylation sites is 1. The number of amides is 2. The van der Waals surface area contributed by atoms with E-state index in [1.807, 2.05) is 29.9 Å². The van der Waals surface area contributed by atoms with Gasteiger partial charge in [-0.25, -0.2) is 4.79 Å². The smallest absolute Gasteiger partial charge is 0.379 e. The first-order valence-corrected chi connectivity index (χ1v) is 9.00. The minimum absolute atomic E-state index is 0.104. The Morgan fingerprint density at radius 3 is 2.54 bits per heavy atom. The molecular weight excluding hydrogens is 373 g/mol. The lowest BCUT2D eigenvalue weighted by molar-refractivity contribution is -0.136. The predicted molar refractivity (Wildman–Crippen MR) is 99.0 cm³/mol. The average molecular weight is 396 g/mol. The number of aromatic nitrogens is 1. The van der Waals surface area contributed by atoms with E-state index in [-0.39, 0.29) is 18.3 Å². The molecule has 2 aromatic rings. The fourth-order valence-electron chi connectivity index (χ4n) is 3.33. The lowest BCUT2D eigenvalue weighted by Gasteiger charge is -2.35. The maximum Gasteiger partial charge on any atom is 0.418 e. The molecule has 1 saturated heterocycles. The second-order valence-corrected chi connectivity index (χ2v) is 6.59. The van der Waals surface area contributed by atoms with Gasteiger partial charge < -0.3 is 19.9 Å². The van der Waals surface area contributed by atoms with Crippen LogP contribution in [0.3, 0.4) is 0 Å². The van der Waals surface area contributed by atoms with Crippen LogP contribution >= 0.6 is 0 Å². The zero-order valence-corrected chi connectivity index (χ0v) is 15.5. The van der Waals surface area contributed by atoms with Crippen molar-refractivity contribution in [3.63, 3.8) is 0 Å². The van der Waals surface area contributed by atoms with Crippen molar-refractivity contribution in [2.75, 3.05) is 38.2 Å². The predicted octanol–water partition coefficient (Wildman–Crippen LogP) is 3.24. The highest BCUT2D eigenvalue weighted by molar-refractivity contribution is 5.90. The number of urea groups is 1. The second-order valence-electron chi connectivity index (χ2n) is 6.59. The van der Waals surface area contributed by atoms with E-state index in [0.717, 1.165) is 24.8 Å². The van der Waals surface area contributed by atoms with Crippen LogP contribution in [0.1, 0.15) is 17.3 Å². The van der Waals surface area contributed by atoms with Crippen LogP contribution in [0.4, 0.5) is 23.7 Å². The summed E-state index contributed by atoms with van der Waals surface area (Å²) in [6.45, 7) is 2.90. The average Bonchev–Trinajstić information content (AvgIpc) is 3.08. The summed E-state index contributed by atoms with van der Waals surface area (Å²) >= 11 is 0. The highest BCUT2D eigenvalue weighted by atomic mass is 19.4. The van der Waals surface area contributed by atoms with Crippen molar-refractivity contribution in [2.45, 2.75) is 12.2 Å². The highest BCUT2D eigenvalue weighted by Gasteiger charge is 2.33. The summed E-state index contributed by atoms with van der Waals surface area (Å²) in [6.07, 6.45) is -2.62. The Bertz CT molecular complexity index is 800. The minimum atomic E-state index is -4.54. The Labute approximate surface area is 161 Å². The third kappa shape index (κ3) is 4.85. The second kappa shape index (κ2) is 8.66. The number of hydrogen-bond donors (Lipinski definition) is 2. The summed E-state index contributed by atoms with van der Waals surface area (Å²) < 4.78 is 46.6. The monoisotopic (exact) mass is 396 g/mol. The van der Waals surface area contributed by atoms with Crippen molar-refractivity contribution in [1.82, 2.24) is 14.8 Å². The van der Waals surface area contributed by atoms with Gasteiger partial charge in [0.05, 0.1) is 30.5 Å². The van der Waals surface area contributed by atoms with Crippen LogP contribution in [-0.2, 0) is 18.0 Å². The molecule has 28 heavy (non-hydrogen) atoms. The third-order valence-electron chi connectivity index (χ3n) is 4.75. The molecule has 1 fully saturated rings. The van der Waals surface area contributed by atoms with E-state index in [1.54, 1.807) is 0 Å². The van der Waals surface area contributed by atoms with Crippen LogP contribution in [-0.4, -0.2) is 48.3 Å². The lowest BCUT2D eigenvalue weighted by Crippen LogP contribution is -2.45. The number of halogens is 3. The SMILES string of the molecule is Cn1cccc1[C@H](CNC(=O)Nc1ccccc1C(F)(F)F)N1CCOCC1. The van der Waals surface area contributed by atoms with Crippen LogP contribution in [0.5, 0.6) is 0 Å². The topological polar surface area (TPSA) is 58.5 Å². The number of aryl methyl sites for hydroxylation is 1. The van der Waals surface area contributed by atoms with Crippen molar-refractivity contribution < 1.29 is 22.7 Å². The van der Waals surface area contributed by atoms with Crippen molar-refractivity contribution in [3.8, 4) is 0 Å². The number of rotatable bonds is 5. The Balaban J connectivity index is 1.68. The normalized spacial score (nSPS) is 16.6. The highest BCUT2D eigenvalue weighted by Crippen LogP contribution is 2.34. The van der Waals surface area contributed by atoms with Crippen molar-refractivity contribution in [1.29, 1.82) is 0 Å². The molecule has 0 aliphatic carbocycles. The molecule has 6 nitrogen and oxygen atoms in total. The maximum atomic E-state index is 13.1. The molecule has 0 radical (unpaired) electrons. The fourth-order valence-corrected chi connectivity index (χ4v) is 3.33. The van der Waals surface area contributed by atoms with E-state index in [9.17, 15) is 18.0 Å². The zero-order valence-electron chi connectivity index (χ0n) is 15.5. The fraction of sp³-hybridized carbons (Fsp3) is 0.421. The largest absolute Gasteiger partial charge is 0.418 e. The Hall–Kier alpha value is -2.52. The minimum Gasteiger partial charge on any atom is -0.379 e. The number of carbonyl (C=O) groups excluding carboxylic acids is 1. The summed E-state index contributed by atoms with van der Waals surface area (Å²) in [5.74, 6) is 0. The molecule has 0 unspecified atom stereocenters. The van der Waals surface area contributed by atoms with Crippen LogP contribution in [0.15, 0.2) is 42.6 Å². The van der Waals surface area contributed by atoms with Gasteiger partial charge in [0.15, 0.2) is 0 Å². The number of nitrogens with one attached hydrogen (secondary N) is 2. The number of ether oxygens (including phenoxy) is 1. The van der Waals surface area contributed by atoms with Gasteiger partial charge in [-0.1, -0.05) is 12.1 Å². The first-order chi connectivity index (χ1) is 13.4. The summed E-state index contributed by atoms with van der Waals surface area (Å²) in [4.78, 5) is 14.5. The molecule has 3 rings (SSSR count). The van der Waals surface area contributed by atoms with Gasteiger partial charge in [-0.2, -0.15) is 13.2 Å². The van der Waals surface area contributed by atoms with Crippen LogP contribution in [0.2, 0.25) is 0 Å². The molecule has 1 aromatic heterocycles. The summed E-state index contributed by atoms with van der Waals surface area (Å²) in [6, 6.07) is 8.02. The van der Waals surface area contributed by atoms with Crippen LogP contribution in [0.25, 0.3) is 0 Å². The van der Waals surface area contributed by atoms with E-state index in [1.165, 1.54) is 18.2 Å². The number of carbonyl (C=O) groups is 1. The van der Waals surface area contributed by atoms with Crippen molar-refractivity contribution in [3.05, 3.63) is 53.9 Å². The quantitative estimate of drug-likeness (QED) is 0.816. The molecule has 1 aliphatic rings. The molecule has 0 bridgehead atoms. The first kappa shape index (κ1) is 20.2. The number of anilines is 1. The van der Waals surface area contributed by atoms with Gasteiger partial charge >= 0.3 is 12.2 Å². The number of morpholine rings is 1. The number of nitrogens with zero attached hydrogens (tertiary/aromatic N) is 2. The number of benzene rings is 1. The Kier molecular flexibility index (Phi) is 6.25. The molecule has 0 spiro atoms. The van der Waals surface area contributed by atoms with Crippen LogP contribution < -0.4 is 10.6 Å². The van der Waals surface area contributed by atoms with Crippen LogP contribution in [0, 0.1) is 0 Å². The van der Waals surface area contributed by atoms with Gasteiger partial charge in [0, 0.05) is 38.6 Å². The number of alkyl halides is 3. The van der Waals surface area contributed by atoms with Crippen molar-refractivity contribution >= 4 is 11.7 Å². The molecule has 0 saturated carbocycles. The van der Waals surface area contributed by atoms with Gasteiger partial charge in [0.2, 0.25) is 0 Å². The van der Waals surface area contributed by atoms with E-state index in [0.29, 0.717) is 13.2 Å². The van der Waals surface area contributed by atoms with Gasteiger partial charge in [0.1, 0.15) is 0 Å². The standard InChI is InChI=1S/C19H23F3N4O2/c1-25-8-4-7-16(25)17(26-9-11-28-12-10-26)13-23-18(27)24-15-6-3-2-5-14(15)19(20,21)22/h2-8,17H,9-13H2,1H3,(H2,23,24,27)/t17-/m0/s1. The van der Waals surface area contributed by atoms with Gasteiger partial charge in [-0.05, 0) is 24.3 Å². The van der Waals surface area contributed by atoms with E-state index in [2.05, 4.69) is 15.5 Å². The molecule has 2 heterocycles. The molecule has 2 amide bonds. The molecule has 1 aromatic carbocycles. The third-order valence-corrected chi connectivity index (χ3v) is 4.75. The van der Waals surface area contributed by atoms with E-state index < -0.39 is 17.8 Å². The summed E-state index contributed by atoms with van der Waals surface area (Å²) in [7, 11) is 1.92. The maximum absolute atomic E-state index is 13.1. The Morgan fingerprint density at radius 1 is 1.18 bits per heavy atom. The van der Waals surface area contributed by atoms with E-state index in [4.69, 9.17) is 4.74 Å². The van der Waals surface area contributed by atoms with E-state index >= 15 is 0 Å².